The van der Waals surface area contributed by atoms with Crippen LogP contribution < -0.4 is 15.4 Å². The molecule has 0 radical (unpaired) electrons. The lowest BCUT2D eigenvalue weighted by Gasteiger charge is -2.36. The molecule has 1 saturated carbocycles. The van der Waals surface area contributed by atoms with E-state index in [1.807, 2.05) is 4.90 Å². The summed E-state index contributed by atoms with van der Waals surface area (Å²) in [5.74, 6) is -0.236. The van der Waals surface area contributed by atoms with Gasteiger partial charge in [0.2, 0.25) is 5.91 Å². The van der Waals surface area contributed by atoms with E-state index in [9.17, 15) is 18.0 Å². The van der Waals surface area contributed by atoms with Gasteiger partial charge in [0, 0.05) is 51.4 Å². The van der Waals surface area contributed by atoms with Gasteiger partial charge in [-0.25, -0.2) is 4.39 Å². The second kappa shape index (κ2) is 9.82. The molecule has 10 heteroatoms. The summed E-state index contributed by atoms with van der Waals surface area (Å²) in [5, 5.41) is 5.99. The molecule has 1 aromatic carbocycles. The van der Waals surface area contributed by atoms with E-state index in [-0.39, 0.29) is 23.8 Å². The quantitative estimate of drug-likeness (QED) is 0.523. The first-order valence-electron chi connectivity index (χ1n) is 9.65. The summed E-state index contributed by atoms with van der Waals surface area (Å²) < 4.78 is 43.6. The maximum absolute atomic E-state index is 14.1. The zero-order valence-electron chi connectivity index (χ0n) is 16.3. The second-order valence-electron chi connectivity index (χ2n) is 7.10. The van der Waals surface area contributed by atoms with Crippen LogP contribution in [0.2, 0.25) is 0 Å². The van der Waals surface area contributed by atoms with E-state index in [0.717, 1.165) is 12.8 Å². The minimum absolute atomic E-state index is 0.0179. The summed E-state index contributed by atoms with van der Waals surface area (Å²) in [7, 11) is 1.61. The fourth-order valence-corrected chi connectivity index (χ4v) is 3.24. The van der Waals surface area contributed by atoms with Gasteiger partial charge in [-0.2, -0.15) is 8.78 Å². The summed E-state index contributed by atoms with van der Waals surface area (Å²) >= 11 is 0. The van der Waals surface area contributed by atoms with Crippen LogP contribution in [-0.2, 0) is 11.3 Å². The molecule has 1 aliphatic carbocycles. The van der Waals surface area contributed by atoms with E-state index in [4.69, 9.17) is 0 Å². The molecule has 0 atom stereocenters. The number of ether oxygens (including phenoxy) is 1. The van der Waals surface area contributed by atoms with Crippen LogP contribution in [0.3, 0.4) is 0 Å². The lowest BCUT2D eigenvalue weighted by Crippen LogP contribution is -2.54. The summed E-state index contributed by atoms with van der Waals surface area (Å²) in [6.45, 7) is -0.00999. The molecule has 2 N–H and O–H groups in total. The van der Waals surface area contributed by atoms with Gasteiger partial charge in [0.25, 0.3) is 0 Å². The van der Waals surface area contributed by atoms with Crippen LogP contribution in [0.5, 0.6) is 5.75 Å². The van der Waals surface area contributed by atoms with Crippen molar-refractivity contribution in [2.45, 2.75) is 32.0 Å². The Kier molecular flexibility index (Phi) is 7.18. The van der Waals surface area contributed by atoms with Gasteiger partial charge in [-0.3, -0.25) is 14.7 Å². The molecule has 1 aromatic rings. The number of rotatable bonds is 7. The van der Waals surface area contributed by atoms with Crippen molar-refractivity contribution in [1.29, 1.82) is 0 Å². The zero-order valence-corrected chi connectivity index (χ0v) is 16.3. The predicted molar refractivity (Wildman–Crippen MR) is 102 cm³/mol. The van der Waals surface area contributed by atoms with E-state index in [0.29, 0.717) is 44.7 Å². The molecule has 0 unspecified atom stereocenters. The minimum Gasteiger partial charge on any atom is -0.434 e. The second-order valence-corrected chi connectivity index (χ2v) is 7.10. The van der Waals surface area contributed by atoms with E-state index in [2.05, 4.69) is 25.3 Å². The third-order valence-corrected chi connectivity index (χ3v) is 4.91. The number of nitrogens with zero attached hydrogens (tertiary/aromatic N) is 3. The number of aliphatic imine (C=N–C) groups is 1. The predicted octanol–water partition coefficient (Wildman–Crippen LogP) is 1.40. The van der Waals surface area contributed by atoms with Gasteiger partial charge in [0.1, 0.15) is 11.6 Å². The monoisotopic (exact) mass is 413 g/mol. The lowest BCUT2D eigenvalue weighted by atomic mass is 10.2. The molecule has 1 aliphatic heterocycles. The van der Waals surface area contributed by atoms with Crippen LogP contribution in [0.15, 0.2) is 23.2 Å². The number of nitrogens with one attached hydrogen (secondary N) is 2. The van der Waals surface area contributed by atoms with Gasteiger partial charge >= 0.3 is 6.61 Å². The Morgan fingerprint density at radius 3 is 2.62 bits per heavy atom. The molecule has 7 nitrogen and oxygen atoms in total. The van der Waals surface area contributed by atoms with E-state index >= 15 is 0 Å². The van der Waals surface area contributed by atoms with Gasteiger partial charge in [-0.05, 0) is 25.0 Å². The first kappa shape index (κ1) is 21.2. The maximum atomic E-state index is 14.1. The van der Waals surface area contributed by atoms with Gasteiger partial charge in [-0.1, -0.05) is 6.07 Å². The molecule has 1 heterocycles. The Hall–Kier alpha value is -2.49. The van der Waals surface area contributed by atoms with Crippen molar-refractivity contribution in [3.8, 4) is 5.75 Å². The van der Waals surface area contributed by atoms with Gasteiger partial charge in [0.15, 0.2) is 5.96 Å². The van der Waals surface area contributed by atoms with Crippen LogP contribution in [0.4, 0.5) is 13.2 Å². The number of carbonyl (C=O) groups excluding carboxylic acids is 1. The smallest absolute Gasteiger partial charge is 0.387 e. The number of piperazine rings is 1. The van der Waals surface area contributed by atoms with Crippen molar-refractivity contribution in [2.75, 3.05) is 39.8 Å². The van der Waals surface area contributed by atoms with Crippen molar-refractivity contribution in [3.63, 3.8) is 0 Å². The first-order chi connectivity index (χ1) is 14.0. The number of hydrogen-bond acceptors (Lipinski definition) is 4. The topological polar surface area (TPSA) is 69.2 Å². The van der Waals surface area contributed by atoms with Crippen LogP contribution in [-0.4, -0.2) is 74.1 Å². The standard InChI is InChI=1S/C19H26F3N5O2/c1-23-19(24-11-14-15(20)3-2-4-16(14)29-18(21)22)27-9-7-26(8-10-27)12-17(28)25-13-5-6-13/h2-4,13,18H,5-12H2,1H3,(H,23,24)(H,25,28). The Labute approximate surface area is 167 Å². The van der Waals surface area contributed by atoms with Gasteiger partial charge in [0.05, 0.1) is 6.54 Å². The fraction of sp³-hybridized carbons (Fsp3) is 0.579. The largest absolute Gasteiger partial charge is 0.434 e. The average molecular weight is 413 g/mol. The normalized spacial score (nSPS) is 18.1. The molecule has 29 heavy (non-hydrogen) atoms. The van der Waals surface area contributed by atoms with Gasteiger partial charge < -0.3 is 20.3 Å². The SMILES string of the molecule is CN=C(NCc1c(F)cccc1OC(F)F)N1CCN(CC(=O)NC2CC2)CC1. The van der Waals surface area contributed by atoms with Gasteiger partial charge in [-0.15, -0.1) is 0 Å². The average Bonchev–Trinajstić information content (AvgIpc) is 3.48. The molecular weight excluding hydrogens is 387 g/mol. The van der Waals surface area contributed by atoms with E-state index in [1.165, 1.54) is 18.2 Å². The lowest BCUT2D eigenvalue weighted by molar-refractivity contribution is -0.122. The minimum atomic E-state index is -3.03. The van der Waals surface area contributed by atoms with Crippen LogP contribution in [0.1, 0.15) is 18.4 Å². The number of alkyl halides is 2. The molecule has 160 valence electrons. The third-order valence-electron chi connectivity index (χ3n) is 4.91. The number of hydrogen-bond donors (Lipinski definition) is 2. The Balaban J connectivity index is 1.50. The van der Waals surface area contributed by atoms with E-state index in [1.54, 1.807) is 7.05 Å². The molecule has 0 spiro atoms. The molecule has 2 aliphatic rings. The highest BCUT2D eigenvalue weighted by molar-refractivity contribution is 5.80. The molecule has 0 aromatic heterocycles. The van der Waals surface area contributed by atoms with Crippen molar-refractivity contribution in [3.05, 3.63) is 29.6 Å². The molecule has 1 saturated heterocycles. The van der Waals surface area contributed by atoms with Crippen molar-refractivity contribution < 1.29 is 22.7 Å². The fourth-order valence-electron chi connectivity index (χ4n) is 3.24. The summed E-state index contributed by atoms with van der Waals surface area (Å²) in [6.07, 6.45) is 2.13. The zero-order chi connectivity index (χ0) is 20.8. The molecular formula is C19H26F3N5O2. The highest BCUT2D eigenvalue weighted by Gasteiger charge is 2.26. The van der Waals surface area contributed by atoms with E-state index < -0.39 is 12.4 Å². The highest BCUT2D eigenvalue weighted by Crippen LogP contribution is 2.23. The Bertz CT molecular complexity index is 735. The van der Waals surface area contributed by atoms with Crippen molar-refractivity contribution in [1.82, 2.24) is 20.4 Å². The maximum Gasteiger partial charge on any atom is 0.387 e. The Morgan fingerprint density at radius 2 is 2.00 bits per heavy atom. The number of amides is 1. The summed E-state index contributed by atoms with van der Waals surface area (Å²) in [5.41, 5.74) is 0.0179. The summed E-state index contributed by atoms with van der Waals surface area (Å²) in [6, 6.07) is 4.18. The van der Waals surface area contributed by atoms with Crippen molar-refractivity contribution in [2.24, 2.45) is 4.99 Å². The molecule has 1 amide bonds. The Morgan fingerprint density at radius 1 is 1.28 bits per heavy atom. The first-order valence-corrected chi connectivity index (χ1v) is 9.65. The molecule has 2 fully saturated rings. The highest BCUT2D eigenvalue weighted by atomic mass is 19.3. The van der Waals surface area contributed by atoms with Crippen LogP contribution >= 0.6 is 0 Å². The van der Waals surface area contributed by atoms with Crippen molar-refractivity contribution >= 4 is 11.9 Å². The number of guanidine groups is 1. The summed E-state index contributed by atoms with van der Waals surface area (Å²) in [4.78, 5) is 20.2. The third kappa shape index (κ3) is 6.25. The molecule has 3 rings (SSSR count). The van der Waals surface area contributed by atoms with Crippen LogP contribution in [0.25, 0.3) is 0 Å². The number of benzene rings is 1. The number of halogens is 3. The van der Waals surface area contributed by atoms with Crippen LogP contribution in [0, 0.1) is 5.82 Å². The molecule has 0 bridgehead atoms. The number of carbonyl (C=O) groups is 1.